The molecule has 0 saturated carbocycles. The summed E-state index contributed by atoms with van der Waals surface area (Å²) in [6.45, 7) is 1.33. The number of halogens is 1. The maximum Gasteiger partial charge on any atom is 0.344 e. The second kappa shape index (κ2) is 7.36. The van der Waals surface area contributed by atoms with E-state index in [9.17, 15) is 9.59 Å². The highest BCUT2D eigenvalue weighted by Crippen LogP contribution is 2.23. The Kier molecular flexibility index (Phi) is 5.00. The summed E-state index contributed by atoms with van der Waals surface area (Å²) in [6.07, 6.45) is -0.723. The van der Waals surface area contributed by atoms with Crippen molar-refractivity contribution in [3.63, 3.8) is 0 Å². The van der Waals surface area contributed by atoms with Crippen molar-refractivity contribution in [2.45, 2.75) is 13.0 Å². The van der Waals surface area contributed by atoms with Gasteiger partial charge >= 0.3 is 5.97 Å². The van der Waals surface area contributed by atoms with E-state index in [-0.39, 0.29) is 18.0 Å². The summed E-state index contributed by atoms with van der Waals surface area (Å²) in [5.74, 6) is 0.0732. The highest BCUT2D eigenvalue weighted by atomic mass is 35.5. The van der Waals surface area contributed by atoms with Crippen LogP contribution in [0.1, 0.15) is 18.9 Å². The third-order valence-electron chi connectivity index (χ3n) is 3.51. The van der Waals surface area contributed by atoms with E-state index < -0.39 is 12.1 Å². The Labute approximate surface area is 148 Å². The molecule has 0 aliphatic carbocycles. The van der Waals surface area contributed by atoms with Crippen molar-refractivity contribution in [3.8, 4) is 5.75 Å². The zero-order valence-corrected chi connectivity index (χ0v) is 14.1. The normalized spacial score (nSPS) is 11.9. The maximum absolute atomic E-state index is 12.1. The average molecular weight is 359 g/mol. The molecule has 25 heavy (non-hydrogen) atoms. The Morgan fingerprint density at radius 3 is 2.72 bits per heavy atom. The zero-order valence-electron chi connectivity index (χ0n) is 13.4. The van der Waals surface area contributed by atoms with Gasteiger partial charge in [-0.25, -0.2) is 9.78 Å². The van der Waals surface area contributed by atoms with Crippen LogP contribution in [0, 0.1) is 0 Å². The number of aromatic nitrogens is 2. The van der Waals surface area contributed by atoms with E-state index in [1.807, 2.05) is 0 Å². The van der Waals surface area contributed by atoms with Gasteiger partial charge in [-0.15, -0.1) is 0 Å². The lowest BCUT2D eigenvalue weighted by molar-refractivity contribution is -0.151. The molecule has 6 nitrogen and oxygen atoms in total. The zero-order chi connectivity index (χ0) is 17.8. The van der Waals surface area contributed by atoms with Crippen molar-refractivity contribution >= 4 is 28.5 Å². The van der Waals surface area contributed by atoms with Gasteiger partial charge in [-0.1, -0.05) is 35.9 Å². The molecule has 0 spiro atoms. The molecule has 0 saturated heterocycles. The molecule has 0 bridgehead atoms. The number of nitrogens with one attached hydrogen (secondary N) is 1. The van der Waals surface area contributed by atoms with Gasteiger partial charge in [-0.3, -0.25) is 4.79 Å². The van der Waals surface area contributed by atoms with E-state index in [0.717, 1.165) is 0 Å². The van der Waals surface area contributed by atoms with Gasteiger partial charge in [0.15, 0.2) is 18.5 Å². The van der Waals surface area contributed by atoms with E-state index in [4.69, 9.17) is 21.1 Å². The first-order chi connectivity index (χ1) is 12.0. The van der Waals surface area contributed by atoms with Crippen LogP contribution in [0.2, 0.25) is 5.02 Å². The van der Waals surface area contributed by atoms with Gasteiger partial charge < -0.3 is 14.5 Å². The van der Waals surface area contributed by atoms with Crippen LogP contribution in [-0.2, 0) is 9.53 Å². The van der Waals surface area contributed by atoms with Gasteiger partial charge in [0.25, 0.3) is 5.56 Å². The molecule has 1 N–H and O–H groups in total. The summed E-state index contributed by atoms with van der Waals surface area (Å²) in [5, 5.41) is 0.885. The topological polar surface area (TPSA) is 81.3 Å². The molecule has 128 valence electrons. The van der Waals surface area contributed by atoms with E-state index in [2.05, 4.69) is 9.97 Å². The first-order valence-corrected chi connectivity index (χ1v) is 7.98. The molecule has 1 aromatic heterocycles. The number of para-hydroxylation sites is 2. The first kappa shape index (κ1) is 17.0. The average Bonchev–Trinajstić information content (AvgIpc) is 2.61. The van der Waals surface area contributed by atoms with Crippen molar-refractivity contribution < 1.29 is 14.3 Å². The lowest BCUT2D eigenvalue weighted by Gasteiger charge is -2.13. The van der Waals surface area contributed by atoms with Crippen LogP contribution in [0.4, 0.5) is 0 Å². The van der Waals surface area contributed by atoms with Crippen LogP contribution < -0.4 is 10.3 Å². The monoisotopic (exact) mass is 358 g/mol. The quantitative estimate of drug-likeness (QED) is 0.708. The number of carbonyl (C=O) groups excluding carboxylic acids is 1. The highest BCUT2D eigenvalue weighted by molar-refractivity contribution is 6.32. The summed E-state index contributed by atoms with van der Waals surface area (Å²) in [7, 11) is 0. The molecule has 3 rings (SSSR count). The van der Waals surface area contributed by atoms with Crippen molar-refractivity contribution in [3.05, 3.63) is 69.7 Å². The number of fused-ring (bicyclic) bond motifs is 1. The Bertz CT molecular complexity index is 970. The molecular weight excluding hydrogens is 344 g/mol. The standard InChI is InChI=1S/C18H15ClN2O4/c1-11(17-20-14-8-4-2-6-12(14)18(23)21-17)25-16(22)10-24-15-9-5-3-7-13(15)19/h2-9,11H,10H2,1H3,(H,20,21,23). The van der Waals surface area contributed by atoms with Crippen LogP contribution in [0.25, 0.3) is 10.9 Å². The fourth-order valence-corrected chi connectivity index (χ4v) is 2.47. The van der Waals surface area contributed by atoms with Gasteiger partial charge in [0.2, 0.25) is 0 Å². The molecule has 0 aliphatic heterocycles. The number of esters is 1. The van der Waals surface area contributed by atoms with Gasteiger partial charge in [0, 0.05) is 0 Å². The maximum atomic E-state index is 12.1. The third-order valence-corrected chi connectivity index (χ3v) is 3.82. The van der Waals surface area contributed by atoms with Crippen LogP contribution in [0.15, 0.2) is 53.3 Å². The van der Waals surface area contributed by atoms with Crippen molar-refractivity contribution in [1.29, 1.82) is 0 Å². The van der Waals surface area contributed by atoms with E-state index in [1.165, 1.54) is 0 Å². The molecule has 7 heteroatoms. The van der Waals surface area contributed by atoms with Gasteiger partial charge in [-0.05, 0) is 31.2 Å². The van der Waals surface area contributed by atoms with Crippen LogP contribution in [-0.4, -0.2) is 22.5 Å². The Morgan fingerprint density at radius 2 is 1.92 bits per heavy atom. The Morgan fingerprint density at radius 1 is 1.20 bits per heavy atom. The van der Waals surface area contributed by atoms with Crippen LogP contribution in [0.3, 0.4) is 0 Å². The molecular formula is C18H15ClN2O4. The lowest BCUT2D eigenvalue weighted by Crippen LogP contribution is -2.20. The summed E-state index contributed by atoms with van der Waals surface area (Å²) < 4.78 is 10.6. The van der Waals surface area contributed by atoms with Crippen molar-refractivity contribution in [1.82, 2.24) is 9.97 Å². The minimum atomic E-state index is -0.723. The smallest absolute Gasteiger partial charge is 0.344 e. The third kappa shape index (κ3) is 3.97. The Balaban J connectivity index is 1.67. The van der Waals surface area contributed by atoms with Crippen molar-refractivity contribution in [2.24, 2.45) is 0 Å². The van der Waals surface area contributed by atoms with Gasteiger partial charge in [-0.2, -0.15) is 0 Å². The highest BCUT2D eigenvalue weighted by Gasteiger charge is 2.16. The van der Waals surface area contributed by atoms with Gasteiger partial charge in [0.05, 0.1) is 15.9 Å². The summed E-state index contributed by atoms with van der Waals surface area (Å²) in [6, 6.07) is 13.8. The molecule has 1 atom stereocenters. The lowest BCUT2D eigenvalue weighted by atomic mass is 10.2. The number of aromatic amines is 1. The number of hydrogen-bond donors (Lipinski definition) is 1. The van der Waals surface area contributed by atoms with Gasteiger partial charge in [0.1, 0.15) is 5.75 Å². The second-order valence-corrected chi connectivity index (χ2v) is 5.73. The molecule has 1 unspecified atom stereocenters. The van der Waals surface area contributed by atoms with E-state index in [0.29, 0.717) is 21.7 Å². The molecule has 0 radical (unpaired) electrons. The molecule has 0 aliphatic rings. The number of hydrogen-bond acceptors (Lipinski definition) is 5. The van der Waals surface area contributed by atoms with Crippen LogP contribution >= 0.6 is 11.6 Å². The first-order valence-electron chi connectivity index (χ1n) is 7.60. The summed E-state index contributed by atoms with van der Waals surface area (Å²) in [5.41, 5.74) is 0.257. The summed E-state index contributed by atoms with van der Waals surface area (Å²) >= 11 is 5.96. The molecule has 2 aromatic carbocycles. The minimum absolute atomic E-state index is 0.273. The molecule has 3 aromatic rings. The summed E-state index contributed by atoms with van der Waals surface area (Å²) in [4.78, 5) is 31.0. The second-order valence-electron chi connectivity index (χ2n) is 5.32. The number of rotatable bonds is 5. The molecule has 0 fully saturated rings. The fourth-order valence-electron chi connectivity index (χ4n) is 2.28. The molecule has 1 heterocycles. The largest absolute Gasteiger partial charge is 0.480 e. The SMILES string of the molecule is CC(OC(=O)COc1ccccc1Cl)c1nc2ccccc2c(=O)[nH]1. The number of benzene rings is 2. The number of nitrogens with zero attached hydrogens (tertiary/aromatic N) is 1. The number of H-pyrrole nitrogens is 1. The number of ether oxygens (including phenoxy) is 2. The fraction of sp³-hybridized carbons (Fsp3) is 0.167. The van der Waals surface area contributed by atoms with Crippen molar-refractivity contribution in [2.75, 3.05) is 6.61 Å². The minimum Gasteiger partial charge on any atom is -0.480 e. The van der Waals surface area contributed by atoms with E-state index in [1.54, 1.807) is 55.5 Å². The predicted octanol–water partition coefficient (Wildman–Crippen LogP) is 3.26. The molecule has 0 amide bonds. The Hall–Kier alpha value is -2.86. The predicted molar refractivity (Wildman–Crippen MR) is 93.8 cm³/mol. The van der Waals surface area contributed by atoms with Crippen LogP contribution in [0.5, 0.6) is 5.75 Å². The van der Waals surface area contributed by atoms with E-state index >= 15 is 0 Å². The number of carbonyl (C=O) groups is 1.